The van der Waals surface area contributed by atoms with Gasteiger partial charge in [-0.15, -0.1) is 0 Å². The Morgan fingerprint density at radius 1 is 0.667 bits per heavy atom. The van der Waals surface area contributed by atoms with Gasteiger partial charge in [0.25, 0.3) is 0 Å². The van der Waals surface area contributed by atoms with E-state index in [0.29, 0.717) is 0 Å². The predicted octanol–water partition coefficient (Wildman–Crippen LogP) is 5.68. The molecule has 3 atom stereocenters. The van der Waals surface area contributed by atoms with Gasteiger partial charge in [-0.3, -0.25) is 4.90 Å². The van der Waals surface area contributed by atoms with E-state index in [1.165, 1.54) is 27.8 Å². The normalized spacial score (nSPS) is 19.8. The van der Waals surface area contributed by atoms with E-state index >= 15 is 0 Å². The molecule has 2 bridgehead atoms. The molecular weight excluding hydrogens is 414 g/mol. The van der Waals surface area contributed by atoms with Crippen LogP contribution in [-0.2, 0) is 12.8 Å². The lowest BCUT2D eigenvalue weighted by Gasteiger charge is -2.51. The average Bonchev–Trinajstić information content (AvgIpc) is 2.87. The highest BCUT2D eigenvalue weighted by atomic mass is 16.5. The highest BCUT2D eigenvalue weighted by Gasteiger charge is 2.43. The lowest BCUT2D eigenvalue weighted by atomic mass is 9.75. The molecule has 3 aromatic carbocycles. The van der Waals surface area contributed by atoms with Crippen molar-refractivity contribution in [2.75, 3.05) is 28.4 Å². The second-order valence-corrected chi connectivity index (χ2v) is 8.79. The van der Waals surface area contributed by atoms with E-state index in [2.05, 4.69) is 66.4 Å². The van der Waals surface area contributed by atoms with Crippen LogP contribution in [0.15, 0.2) is 54.6 Å². The van der Waals surface area contributed by atoms with Gasteiger partial charge in [-0.2, -0.15) is 0 Å². The number of methoxy groups -OCH3 is 4. The molecule has 0 amide bonds. The molecule has 172 valence electrons. The number of ether oxygens (including phenoxy) is 4. The minimum absolute atomic E-state index is 0.222. The molecular formula is C28H31NO4. The summed E-state index contributed by atoms with van der Waals surface area (Å²) in [4.78, 5) is 2.66. The minimum atomic E-state index is 0.222. The Labute approximate surface area is 195 Å². The van der Waals surface area contributed by atoms with Crippen molar-refractivity contribution in [2.24, 2.45) is 0 Å². The summed E-state index contributed by atoms with van der Waals surface area (Å²) in [5.41, 5.74) is 6.58. The van der Waals surface area contributed by atoms with E-state index in [9.17, 15) is 0 Å². The topological polar surface area (TPSA) is 40.2 Å². The van der Waals surface area contributed by atoms with E-state index in [1.807, 2.05) is 0 Å². The van der Waals surface area contributed by atoms with Crippen molar-refractivity contribution in [1.82, 2.24) is 4.90 Å². The zero-order chi connectivity index (χ0) is 23.1. The van der Waals surface area contributed by atoms with Gasteiger partial charge in [0.15, 0.2) is 23.0 Å². The number of rotatable bonds is 6. The van der Waals surface area contributed by atoms with Gasteiger partial charge in [-0.1, -0.05) is 30.3 Å². The van der Waals surface area contributed by atoms with Gasteiger partial charge in [0, 0.05) is 18.1 Å². The lowest BCUT2D eigenvalue weighted by molar-refractivity contribution is 0.0573. The molecule has 5 nitrogen and oxygen atoms in total. The van der Waals surface area contributed by atoms with Crippen LogP contribution in [0.1, 0.15) is 52.9 Å². The summed E-state index contributed by atoms with van der Waals surface area (Å²) in [5, 5.41) is 0. The zero-order valence-electron chi connectivity index (χ0n) is 19.9. The van der Waals surface area contributed by atoms with Crippen molar-refractivity contribution in [3.8, 4) is 23.0 Å². The Hall–Kier alpha value is -3.18. The van der Waals surface area contributed by atoms with Crippen LogP contribution in [0.2, 0.25) is 0 Å². The van der Waals surface area contributed by atoms with Crippen LogP contribution in [-0.4, -0.2) is 33.3 Å². The van der Waals surface area contributed by atoms with Crippen LogP contribution in [0.4, 0.5) is 0 Å². The highest BCUT2D eigenvalue weighted by Crippen LogP contribution is 2.54. The largest absolute Gasteiger partial charge is 0.493 e. The third-order valence-electron chi connectivity index (χ3n) is 7.28. The Balaban J connectivity index is 1.69. The summed E-state index contributed by atoms with van der Waals surface area (Å²) >= 11 is 0. The first kappa shape index (κ1) is 21.7. The monoisotopic (exact) mass is 445 g/mol. The molecule has 0 unspecified atom stereocenters. The van der Waals surface area contributed by atoms with Crippen molar-refractivity contribution in [2.45, 2.75) is 37.9 Å². The second kappa shape index (κ2) is 8.64. The summed E-state index contributed by atoms with van der Waals surface area (Å²) in [6.45, 7) is 2.31. The number of benzene rings is 3. The van der Waals surface area contributed by atoms with Crippen LogP contribution >= 0.6 is 0 Å². The fourth-order valence-electron chi connectivity index (χ4n) is 5.68. The van der Waals surface area contributed by atoms with Gasteiger partial charge in [-0.25, -0.2) is 0 Å². The number of hydrogen-bond donors (Lipinski definition) is 0. The third kappa shape index (κ3) is 3.51. The van der Waals surface area contributed by atoms with Gasteiger partial charge < -0.3 is 18.9 Å². The molecule has 0 radical (unpaired) electrons. The van der Waals surface area contributed by atoms with E-state index < -0.39 is 0 Å². The standard InChI is InChI=1S/C28H31NO4/c1-17(18-9-7-6-8-10-18)29-23-11-19-13-25(30-2)27(32-4)15-21(19)24(29)12-20-14-26(31-3)28(33-5)16-22(20)23/h6-10,13-17,23-24H,11-12H2,1-5H3/t17-,23+,24+/m0/s1. The van der Waals surface area contributed by atoms with Crippen LogP contribution in [0.5, 0.6) is 23.0 Å². The van der Waals surface area contributed by atoms with Crippen LogP contribution in [0.25, 0.3) is 0 Å². The molecule has 3 aromatic rings. The first-order valence-electron chi connectivity index (χ1n) is 11.4. The number of hydrogen-bond acceptors (Lipinski definition) is 5. The molecule has 0 aliphatic carbocycles. The molecule has 5 rings (SSSR count). The molecule has 2 aliphatic heterocycles. The molecule has 0 saturated heterocycles. The molecule has 0 saturated carbocycles. The summed E-state index contributed by atoms with van der Waals surface area (Å²) in [5.74, 6) is 3.12. The van der Waals surface area contributed by atoms with Gasteiger partial charge in [-0.05, 0) is 71.8 Å². The Morgan fingerprint density at radius 3 is 1.52 bits per heavy atom. The highest BCUT2D eigenvalue weighted by molar-refractivity contribution is 5.55. The maximum Gasteiger partial charge on any atom is 0.161 e. The number of fused-ring (bicyclic) bond motifs is 6. The summed E-state index contributed by atoms with van der Waals surface area (Å²) in [6.07, 6.45) is 1.79. The van der Waals surface area contributed by atoms with Gasteiger partial charge in [0.05, 0.1) is 28.4 Å². The second-order valence-electron chi connectivity index (χ2n) is 8.79. The van der Waals surface area contributed by atoms with E-state index in [1.54, 1.807) is 28.4 Å². The van der Waals surface area contributed by atoms with Crippen LogP contribution in [0, 0.1) is 0 Å². The van der Waals surface area contributed by atoms with Crippen LogP contribution in [0.3, 0.4) is 0 Å². The molecule has 0 fully saturated rings. The SMILES string of the molecule is COc1cc2c(cc1OC)[C@H]1Cc3cc(OC)c(OC)cc3[C@@H](C2)N1[C@@H](C)c1ccccc1. The molecule has 0 N–H and O–H groups in total. The summed E-state index contributed by atoms with van der Waals surface area (Å²) in [7, 11) is 6.80. The van der Waals surface area contributed by atoms with Crippen molar-refractivity contribution in [3.63, 3.8) is 0 Å². The Morgan fingerprint density at radius 2 is 1.09 bits per heavy atom. The maximum absolute atomic E-state index is 5.68. The Bertz CT molecular complexity index is 1090. The van der Waals surface area contributed by atoms with Crippen molar-refractivity contribution >= 4 is 0 Å². The number of nitrogens with zero attached hydrogens (tertiary/aromatic N) is 1. The predicted molar refractivity (Wildman–Crippen MR) is 129 cm³/mol. The maximum atomic E-state index is 5.68. The molecule has 0 aromatic heterocycles. The fraction of sp³-hybridized carbons (Fsp3) is 0.357. The quantitative estimate of drug-likeness (QED) is 0.488. The molecule has 2 aliphatic rings. The van der Waals surface area contributed by atoms with Crippen molar-refractivity contribution in [1.29, 1.82) is 0 Å². The third-order valence-corrected chi connectivity index (χ3v) is 7.28. The zero-order valence-corrected chi connectivity index (χ0v) is 19.9. The van der Waals surface area contributed by atoms with E-state index in [4.69, 9.17) is 18.9 Å². The first-order valence-corrected chi connectivity index (χ1v) is 11.4. The molecule has 33 heavy (non-hydrogen) atoms. The molecule has 2 heterocycles. The fourth-order valence-corrected chi connectivity index (χ4v) is 5.68. The van der Waals surface area contributed by atoms with Crippen molar-refractivity contribution in [3.05, 3.63) is 82.4 Å². The lowest BCUT2D eigenvalue weighted by Crippen LogP contribution is -2.44. The molecule has 0 spiro atoms. The Kier molecular flexibility index (Phi) is 5.67. The van der Waals surface area contributed by atoms with Gasteiger partial charge in [0.2, 0.25) is 0 Å². The summed E-state index contributed by atoms with van der Waals surface area (Å²) in [6, 6.07) is 20.1. The summed E-state index contributed by atoms with van der Waals surface area (Å²) < 4.78 is 22.6. The first-order chi connectivity index (χ1) is 16.1. The smallest absolute Gasteiger partial charge is 0.161 e. The average molecular weight is 446 g/mol. The van der Waals surface area contributed by atoms with Crippen molar-refractivity contribution < 1.29 is 18.9 Å². The van der Waals surface area contributed by atoms with Gasteiger partial charge >= 0.3 is 0 Å². The van der Waals surface area contributed by atoms with Gasteiger partial charge in [0.1, 0.15) is 0 Å². The minimum Gasteiger partial charge on any atom is -0.493 e. The van der Waals surface area contributed by atoms with E-state index in [0.717, 1.165) is 35.8 Å². The van der Waals surface area contributed by atoms with E-state index in [-0.39, 0.29) is 18.1 Å². The van der Waals surface area contributed by atoms with Crippen LogP contribution < -0.4 is 18.9 Å². The molecule has 5 heteroatoms.